The van der Waals surface area contributed by atoms with Crippen LogP contribution < -0.4 is 5.32 Å². The molecule has 5 nitrogen and oxygen atoms in total. The SMILES string of the molecule is Cc1ccc(C(=O)O[C@H](C)C(=O)N[C@H]2CCCc3ccccc32)o1. The van der Waals surface area contributed by atoms with Crippen molar-refractivity contribution in [3.63, 3.8) is 0 Å². The fraction of sp³-hybridized carbons (Fsp3) is 0.368. The monoisotopic (exact) mass is 327 g/mol. The molecule has 0 fully saturated rings. The Labute approximate surface area is 141 Å². The lowest BCUT2D eigenvalue weighted by molar-refractivity contribution is -0.130. The Kier molecular flexibility index (Phi) is 4.69. The van der Waals surface area contributed by atoms with E-state index in [9.17, 15) is 9.59 Å². The normalized spacial score (nSPS) is 17.7. The van der Waals surface area contributed by atoms with Crippen LogP contribution in [0.15, 0.2) is 40.8 Å². The molecule has 1 aliphatic carbocycles. The summed E-state index contributed by atoms with van der Waals surface area (Å²) in [7, 11) is 0. The van der Waals surface area contributed by atoms with Crippen molar-refractivity contribution in [1.82, 2.24) is 5.32 Å². The summed E-state index contributed by atoms with van der Waals surface area (Å²) in [6, 6.07) is 11.3. The molecule has 0 spiro atoms. The molecule has 3 rings (SSSR count). The zero-order chi connectivity index (χ0) is 17.1. The van der Waals surface area contributed by atoms with Gasteiger partial charge >= 0.3 is 5.97 Å². The Morgan fingerprint density at radius 1 is 1.25 bits per heavy atom. The first kappa shape index (κ1) is 16.3. The molecule has 1 aromatic carbocycles. The van der Waals surface area contributed by atoms with E-state index in [0.717, 1.165) is 24.8 Å². The number of ether oxygens (including phenoxy) is 1. The lowest BCUT2D eigenvalue weighted by Crippen LogP contribution is -2.39. The van der Waals surface area contributed by atoms with Gasteiger partial charge < -0.3 is 14.5 Å². The van der Waals surface area contributed by atoms with E-state index >= 15 is 0 Å². The molecule has 2 atom stereocenters. The number of nitrogens with one attached hydrogen (secondary N) is 1. The number of hydrogen-bond donors (Lipinski definition) is 1. The summed E-state index contributed by atoms with van der Waals surface area (Å²) < 4.78 is 10.4. The van der Waals surface area contributed by atoms with Crippen LogP contribution in [0.1, 0.15) is 53.2 Å². The molecule has 24 heavy (non-hydrogen) atoms. The van der Waals surface area contributed by atoms with Crippen LogP contribution in [0.2, 0.25) is 0 Å². The lowest BCUT2D eigenvalue weighted by Gasteiger charge is -2.27. The first-order chi connectivity index (χ1) is 11.5. The molecule has 1 aromatic heterocycles. The minimum atomic E-state index is -0.878. The summed E-state index contributed by atoms with van der Waals surface area (Å²) in [4.78, 5) is 24.3. The van der Waals surface area contributed by atoms with Gasteiger partial charge in [-0.25, -0.2) is 4.79 Å². The van der Waals surface area contributed by atoms with Crippen molar-refractivity contribution >= 4 is 11.9 Å². The Morgan fingerprint density at radius 3 is 2.79 bits per heavy atom. The van der Waals surface area contributed by atoms with Crippen LogP contribution in [0, 0.1) is 6.92 Å². The molecular weight excluding hydrogens is 306 g/mol. The van der Waals surface area contributed by atoms with Crippen molar-refractivity contribution in [2.75, 3.05) is 0 Å². The first-order valence-electron chi connectivity index (χ1n) is 8.20. The number of fused-ring (bicyclic) bond motifs is 1. The molecule has 5 heteroatoms. The number of carbonyl (C=O) groups is 2. The van der Waals surface area contributed by atoms with E-state index in [4.69, 9.17) is 9.15 Å². The van der Waals surface area contributed by atoms with Gasteiger partial charge in [-0.1, -0.05) is 24.3 Å². The standard InChI is InChI=1S/C19H21NO4/c1-12-10-11-17(23-12)19(22)24-13(2)18(21)20-16-9-5-7-14-6-3-4-8-15(14)16/h3-4,6,8,10-11,13,16H,5,7,9H2,1-2H3,(H,20,21)/t13-,16+/m1/s1. The molecule has 0 unspecified atom stereocenters. The highest BCUT2D eigenvalue weighted by Crippen LogP contribution is 2.29. The third kappa shape index (κ3) is 3.50. The van der Waals surface area contributed by atoms with E-state index in [-0.39, 0.29) is 17.7 Å². The molecule has 0 radical (unpaired) electrons. The highest BCUT2D eigenvalue weighted by Gasteiger charge is 2.26. The maximum Gasteiger partial charge on any atom is 0.375 e. The summed E-state index contributed by atoms with van der Waals surface area (Å²) in [5.41, 5.74) is 2.42. The second-order valence-electron chi connectivity index (χ2n) is 6.11. The fourth-order valence-corrected chi connectivity index (χ4v) is 3.01. The van der Waals surface area contributed by atoms with Crippen LogP contribution in [0.4, 0.5) is 0 Å². The highest BCUT2D eigenvalue weighted by atomic mass is 16.6. The van der Waals surface area contributed by atoms with E-state index in [1.165, 1.54) is 5.56 Å². The Morgan fingerprint density at radius 2 is 2.04 bits per heavy atom. The summed E-state index contributed by atoms with van der Waals surface area (Å²) in [5, 5.41) is 2.99. The second kappa shape index (κ2) is 6.91. The number of esters is 1. The average molecular weight is 327 g/mol. The van der Waals surface area contributed by atoms with Gasteiger partial charge in [-0.2, -0.15) is 0 Å². The number of aryl methyl sites for hydroxylation is 2. The van der Waals surface area contributed by atoms with E-state index in [2.05, 4.69) is 11.4 Å². The van der Waals surface area contributed by atoms with Crippen molar-refractivity contribution in [3.05, 3.63) is 59.0 Å². The fourth-order valence-electron chi connectivity index (χ4n) is 3.01. The number of amides is 1. The summed E-state index contributed by atoms with van der Waals surface area (Å²) in [6.45, 7) is 3.31. The Balaban J connectivity index is 1.62. The molecule has 1 heterocycles. The van der Waals surface area contributed by atoms with E-state index in [1.807, 2.05) is 18.2 Å². The number of carbonyl (C=O) groups excluding carboxylic acids is 2. The topological polar surface area (TPSA) is 68.5 Å². The van der Waals surface area contributed by atoms with Gasteiger partial charge in [0.05, 0.1) is 6.04 Å². The van der Waals surface area contributed by atoms with E-state index in [0.29, 0.717) is 5.76 Å². The maximum atomic E-state index is 12.4. The second-order valence-corrected chi connectivity index (χ2v) is 6.11. The van der Waals surface area contributed by atoms with Gasteiger partial charge in [0.15, 0.2) is 6.10 Å². The predicted octanol–water partition coefficient (Wildman–Crippen LogP) is 3.33. The van der Waals surface area contributed by atoms with Crippen molar-refractivity contribution in [3.8, 4) is 0 Å². The summed E-state index contributed by atoms with van der Waals surface area (Å²) in [5.74, 6) is -0.198. The third-order valence-electron chi connectivity index (χ3n) is 4.28. The molecule has 1 aliphatic rings. The zero-order valence-corrected chi connectivity index (χ0v) is 13.9. The quantitative estimate of drug-likeness (QED) is 0.875. The van der Waals surface area contributed by atoms with Gasteiger partial charge in [0, 0.05) is 0 Å². The predicted molar refractivity (Wildman–Crippen MR) is 88.6 cm³/mol. The molecule has 0 bridgehead atoms. The molecular formula is C19H21NO4. The van der Waals surface area contributed by atoms with Crippen molar-refractivity contribution in [2.24, 2.45) is 0 Å². The largest absolute Gasteiger partial charge is 0.454 e. The number of furan rings is 1. The van der Waals surface area contributed by atoms with Crippen molar-refractivity contribution < 1.29 is 18.7 Å². The molecule has 0 saturated carbocycles. The Bertz CT molecular complexity index is 749. The maximum absolute atomic E-state index is 12.4. The van der Waals surface area contributed by atoms with Crippen LogP contribution in [0.25, 0.3) is 0 Å². The molecule has 2 aromatic rings. The van der Waals surface area contributed by atoms with Crippen LogP contribution in [-0.2, 0) is 16.0 Å². The van der Waals surface area contributed by atoms with Crippen LogP contribution in [0.3, 0.4) is 0 Å². The van der Waals surface area contributed by atoms with E-state index in [1.54, 1.807) is 26.0 Å². The van der Waals surface area contributed by atoms with Gasteiger partial charge in [0.1, 0.15) is 5.76 Å². The van der Waals surface area contributed by atoms with Gasteiger partial charge in [-0.05, 0) is 56.4 Å². The first-order valence-corrected chi connectivity index (χ1v) is 8.20. The molecule has 0 aliphatic heterocycles. The molecule has 1 N–H and O–H groups in total. The highest BCUT2D eigenvalue weighted by molar-refractivity contribution is 5.90. The van der Waals surface area contributed by atoms with Crippen molar-refractivity contribution in [2.45, 2.75) is 45.3 Å². The van der Waals surface area contributed by atoms with Gasteiger partial charge in [0.25, 0.3) is 5.91 Å². The number of hydrogen-bond acceptors (Lipinski definition) is 4. The van der Waals surface area contributed by atoms with Gasteiger partial charge in [0.2, 0.25) is 5.76 Å². The summed E-state index contributed by atoms with van der Waals surface area (Å²) >= 11 is 0. The van der Waals surface area contributed by atoms with Crippen molar-refractivity contribution in [1.29, 1.82) is 0 Å². The van der Waals surface area contributed by atoms with Crippen LogP contribution in [0.5, 0.6) is 0 Å². The smallest absolute Gasteiger partial charge is 0.375 e. The van der Waals surface area contributed by atoms with Crippen LogP contribution >= 0.6 is 0 Å². The van der Waals surface area contributed by atoms with Gasteiger partial charge in [-0.3, -0.25) is 4.79 Å². The molecule has 1 amide bonds. The minimum Gasteiger partial charge on any atom is -0.454 e. The third-order valence-corrected chi connectivity index (χ3v) is 4.28. The zero-order valence-electron chi connectivity index (χ0n) is 13.9. The van der Waals surface area contributed by atoms with Crippen LogP contribution in [-0.4, -0.2) is 18.0 Å². The number of benzene rings is 1. The van der Waals surface area contributed by atoms with Gasteiger partial charge in [-0.15, -0.1) is 0 Å². The average Bonchev–Trinajstić information content (AvgIpc) is 3.01. The molecule has 126 valence electrons. The summed E-state index contributed by atoms with van der Waals surface area (Å²) in [6.07, 6.45) is 2.07. The minimum absolute atomic E-state index is 0.0329. The number of rotatable bonds is 4. The Hall–Kier alpha value is -2.56. The molecule has 0 saturated heterocycles. The van der Waals surface area contributed by atoms with E-state index < -0.39 is 12.1 Å². The lowest BCUT2D eigenvalue weighted by atomic mass is 9.87.